The first kappa shape index (κ1) is 10.7. The minimum absolute atomic E-state index is 0.227. The molecule has 3 N–H and O–H groups in total. The van der Waals surface area contributed by atoms with Gasteiger partial charge in [-0.1, -0.05) is 6.92 Å². The summed E-state index contributed by atoms with van der Waals surface area (Å²) in [4.78, 5) is 6.82. The normalized spacial score (nSPS) is 26.8. The van der Waals surface area contributed by atoms with E-state index in [1.807, 2.05) is 0 Å². The van der Waals surface area contributed by atoms with Gasteiger partial charge in [0, 0.05) is 6.04 Å². The molecule has 0 aliphatic carbocycles. The molecule has 1 unspecified atom stereocenters. The number of piperidine rings is 1. The number of nitrogens with zero attached hydrogens (tertiary/aromatic N) is 2. The summed E-state index contributed by atoms with van der Waals surface area (Å²) in [6.45, 7) is 7.54. The molecule has 0 radical (unpaired) electrons. The summed E-state index contributed by atoms with van der Waals surface area (Å²) in [5.41, 5.74) is 6.24. The Morgan fingerprint density at radius 2 is 2.20 bits per heavy atom. The Morgan fingerprint density at radius 1 is 1.53 bits per heavy atom. The molecule has 1 spiro atoms. The van der Waals surface area contributed by atoms with E-state index >= 15 is 0 Å². The van der Waals surface area contributed by atoms with Crippen LogP contribution in [0.15, 0.2) is 4.99 Å². The monoisotopic (exact) mass is 210 g/mol. The van der Waals surface area contributed by atoms with Crippen LogP contribution in [0.2, 0.25) is 0 Å². The van der Waals surface area contributed by atoms with Crippen molar-refractivity contribution < 1.29 is 0 Å². The van der Waals surface area contributed by atoms with Crippen LogP contribution in [0.1, 0.15) is 33.1 Å². The second-order valence-electron chi connectivity index (χ2n) is 4.78. The van der Waals surface area contributed by atoms with Crippen LogP contribution in [0.25, 0.3) is 0 Å². The molecule has 2 aliphatic rings. The van der Waals surface area contributed by atoms with E-state index in [2.05, 4.69) is 29.1 Å². The third-order valence-corrected chi connectivity index (χ3v) is 3.86. The quantitative estimate of drug-likeness (QED) is 0.699. The zero-order valence-corrected chi connectivity index (χ0v) is 9.79. The minimum atomic E-state index is 0.227. The van der Waals surface area contributed by atoms with Crippen molar-refractivity contribution in [2.75, 3.05) is 19.6 Å². The summed E-state index contributed by atoms with van der Waals surface area (Å²) in [6.07, 6.45) is 3.47. The molecule has 1 saturated heterocycles. The highest BCUT2D eigenvalue weighted by atomic mass is 15.4. The van der Waals surface area contributed by atoms with Gasteiger partial charge in [0.25, 0.3) is 0 Å². The van der Waals surface area contributed by atoms with Gasteiger partial charge in [-0.25, -0.2) is 0 Å². The fourth-order valence-electron chi connectivity index (χ4n) is 2.79. The smallest absolute Gasteiger partial charge is 0.192 e. The second kappa shape index (κ2) is 4.00. The zero-order valence-electron chi connectivity index (χ0n) is 9.79. The van der Waals surface area contributed by atoms with Gasteiger partial charge >= 0.3 is 0 Å². The summed E-state index contributed by atoms with van der Waals surface area (Å²) in [7, 11) is 0. The molecular formula is C11H22N4. The van der Waals surface area contributed by atoms with Gasteiger partial charge in [-0.3, -0.25) is 4.99 Å². The Morgan fingerprint density at radius 3 is 2.80 bits per heavy atom. The van der Waals surface area contributed by atoms with E-state index in [4.69, 9.17) is 5.73 Å². The molecule has 1 atom stereocenters. The van der Waals surface area contributed by atoms with E-state index in [0.29, 0.717) is 6.04 Å². The number of nitrogens with two attached hydrogens (primary N) is 1. The van der Waals surface area contributed by atoms with E-state index in [0.717, 1.165) is 32.0 Å². The van der Waals surface area contributed by atoms with Crippen molar-refractivity contribution in [1.29, 1.82) is 0 Å². The first-order valence-corrected chi connectivity index (χ1v) is 5.99. The summed E-state index contributed by atoms with van der Waals surface area (Å²) < 4.78 is 0. The average Bonchev–Trinajstić information content (AvgIpc) is 2.56. The highest BCUT2D eigenvalue weighted by molar-refractivity contribution is 5.81. The Kier molecular flexibility index (Phi) is 2.87. The fraction of sp³-hybridized carbons (Fsp3) is 0.909. The van der Waals surface area contributed by atoms with Gasteiger partial charge in [0.05, 0.1) is 12.1 Å². The number of aliphatic imine (C=N–C) groups is 1. The van der Waals surface area contributed by atoms with Crippen LogP contribution in [0.4, 0.5) is 0 Å². The lowest BCUT2D eigenvalue weighted by Crippen LogP contribution is -2.59. The van der Waals surface area contributed by atoms with Crippen molar-refractivity contribution in [3.63, 3.8) is 0 Å². The third kappa shape index (κ3) is 1.71. The highest BCUT2D eigenvalue weighted by Gasteiger charge is 2.44. The lowest BCUT2D eigenvalue weighted by molar-refractivity contribution is 0.114. The molecule has 2 rings (SSSR count). The fourth-order valence-corrected chi connectivity index (χ4v) is 2.79. The number of hydrogen-bond donors (Lipinski definition) is 2. The van der Waals surface area contributed by atoms with E-state index in [-0.39, 0.29) is 5.54 Å². The third-order valence-electron chi connectivity index (χ3n) is 3.86. The predicted molar refractivity (Wildman–Crippen MR) is 62.9 cm³/mol. The second-order valence-corrected chi connectivity index (χ2v) is 4.78. The summed E-state index contributed by atoms with van der Waals surface area (Å²) >= 11 is 0. The highest BCUT2D eigenvalue weighted by Crippen LogP contribution is 2.33. The first-order chi connectivity index (χ1) is 7.19. The molecule has 4 heteroatoms. The average molecular weight is 210 g/mol. The molecule has 0 aromatic carbocycles. The maximum atomic E-state index is 6.02. The largest absolute Gasteiger partial charge is 0.370 e. The number of guanidine groups is 1. The van der Waals surface area contributed by atoms with E-state index in [1.165, 1.54) is 12.8 Å². The molecule has 86 valence electrons. The maximum absolute atomic E-state index is 6.02. The van der Waals surface area contributed by atoms with Crippen LogP contribution in [0.5, 0.6) is 0 Å². The lowest BCUT2D eigenvalue weighted by atomic mass is 9.86. The van der Waals surface area contributed by atoms with Crippen LogP contribution in [-0.2, 0) is 0 Å². The van der Waals surface area contributed by atoms with Crippen molar-refractivity contribution in [2.45, 2.75) is 44.7 Å². The van der Waals surface area contributed by atoms with Crippen molar-refractivity contribution in [3.8, 4) is 0 Å². The van der Waals surface area contributed by atoms with Crippen LogP contribution >= 0.6 is 0 Å². The minimum Gasteiger partial charge on any atom is -0.370 e. The molecule has 0 bridgehead atoms. The SMILES string of the molecule is CCC(C)N1C(N)=NCC12CCNCC2. The van der Waals surface area contributed by atoms with E-state index < -0.39 is 0 Å². The van der Waals surface area contributed by atoms with Crippen molar-refractivity contribution in [2.24, 2.45) is 10.7 Å². The Hall–Kier alpha value is -0.770. The summed E-state index contributed by atoms with van der Waals surface area (Å²) in [6, 6.07) is 0.509. The van der Waals surface area contributed by atoms with Gasteiger partial charge < -0.3 is 16.0 Å². The van der Waals surface area contributed by atoms with Gasteiger partial charge in [0.2, 0.25) is 0 Å². The van der Waals surface area contributed by atoms with Crippen LogP contribution in [-0.4, -0.2) is 42.1 Å². The number of rotatable bonds is 2. The molecule has 0 aromatic rings. The van der Waals surface area contributed by atoms with Crippen molar-refractivity contribution >= 4 is 5.96 Å². The zero-order chi connectivity index (χ0) is 10.9. The van der Waals surface area contributed by atoms with Gasteiger partial charge in [-0.05, 0) is 39.3 Å². The Balaban J connectivity index is 2.18. The summed E-state index contributed by atoms with van der Waals surface area (Å²) in [5, 5.41) is 3.41. The van der Waals surface area contributed by atoms with Crippen molar-refractivity contribution in [1.82, 2.24) is 10.2 Å². The number of nitrogens with one attached hydrogen (secondary N) is 1. The standard InChI is InChI=1S/C11H22N4/c1-3-9(2)15-10(12)14-8-11(15)4-6-13-7-5-11/h9,13H,3-8H2,1-2H3,(H2,12,14). The maximum Gasteiger partial charge on any atom is 0.192 e. The van der Waals surface area contributed by atoms with Crippen LogP contribution in [0, 0.1) is 0 Å². The van der Waals surface area contributed by atoms with Gasteiger partial charge in [0.15, 0.2) is 5.96 Å². The predicted octanol–water partition coefficient (Wildman–Crippen LogP) is 0.537. The molecule has 1 fully saturated rings. The van der Waals surface area contributed by atoms with Crippen molar-refractivity contribution in [3.05, 3.63) is 0 Å². The van der Waals surface area contributed by atoms with E-state index in [1.54, 1.807) is 0 Å². The molecule has 0 aromatic heterocycles. The molecular weight excluding hydrogens is 188 g/mol. The number of hydrogen-bond acceptors (Lipinski definition) is 4. The first-order valence-electron chi connectivity index (χ1n) is 5.99. The van der Waals surface area contributed by atoms with E-state index in [9.17, 15) is 0 Å². The molecule has 2 heterocycles. The topological polar surface area (TPSA) is 53.6 Å². The Bertz CT molecular complexity index is 255. The molecule has 2 aliphatic heterocycles. The molecule has 4 nitrogen and oxygen atoms in total. The Labute approximate surface area is 91.9 Å². The van der Waals surface area contributed by atoms with Crippen LogP contribution in [0.3, 0.4) is 0 Å². The van der Waals surface area contributed by atoms with Crippen LogP contribution < -0.4 is 11.1 Å². The molecule has 0 amide bonds. The molecule has 0 saturated carbocycles. The van der Waals surface area contributed by atoms with Gasteiger partial charge in [-0.15, -0.1) is 0 Å². The molecule has 15 heavy (non-hydrogen) atoms. The van der Waals surface area contributed by atoms with Gasteiger partial charge in [-0.2, -0.15) is 0 Å². The lowest BCUT2D eigenvalue weighted by Gasteiger charge is -2.45. The summed E-state index contributed by atoms with van der Waals surface area (Å²) in [5.74, 6) is 0.756. The van der Waals surface area contributed by atoms with Gasteiger partial charge in [0.1, 0.15) is 0 Å².